The number of hydrogen-bond donors (Lipinski definition) is 2. The zero-order valence-electron chi connectivity index (χ0n) is 10.9. The molecule has 0 unspecified atom stereocenters. The first kappa shape index (κ1) is 14.5. The van der Waals surface area contributed by atoms with E-state index in [1.165, 1.54) is 18.2 Å². The molecule has 0 aliphatic heterocycles. The lowest BCUT2D eigenvalue weighted by atomic mass is 10.1. The predicted molar refractivity (Wildman–Crippen MR) is 68.5 cm³/mol. The fourth-order valence-electron chi connectivity index (χ4n) is 1.91. The van der Waals surface area contributed by atoms with E-state index in [4.69, 9.17) is 10.5 Å². The monoisotopic (exact) mass is 288 g/mol. The largest absolute Gasteiger partial charge is 0.462 e. The highest BCUT2D eigenvalue weighted by atomic mass is 19.4. The van der Waals surface area contributed by atoms with E-state index in [1.807, 2.05) is 0 Å². The molecule has 3 N–H and O–H groups in total. The quantitative estimate of drug-likeness (QED) is 0.660. The number of nitrogens with two attached hydrogens (primary N) is 1. The van der Waals surface area contributed by atoms with Gasteiger partial charge in [-0.1, -0.05) is 0 Å². The summed E-state index contributed by atoms with van der Waals surface area (Å²) in [7, 11) is 0. The number of anilines is 2. The van der Waals surface area contributed by atoms with Crippen LogP contribution < -0.4 is 11.1 Å². The molecular formula is C13H15F3N2O2. The lowest BCUT2D eigenvalue weighted by molar-refractivity contribution is -0.151. The smallest absolute Gasteiger partial charge is 0.411 e. The van der Waals surface area contributed by atoms with E-state index < -0.39 is 17.7 Å². The van der Waals surface area contributed by atoms with E-state index in [1.54, 1.807) is 6.92 Å². The SMILES string of the molecule is CCOC(=O)c1cc(N)ccc1NC1(C(F)(F)F)CC1. The molecule has 0 heterocycles. The Hall–Kier alpha value is -1.92. The number of nitrogen functional groups attached to an aromatic ring is 1. The van der Waals surface area contributed by atoms with Gasteiger partial charge >= 0.3 is 12.1 Å². The van der Waals surface area contributed by atoms with Gasteiger partial charge in [-0.05, 0) is 38.0 Å². The Morgan fingerprint density at radius 1 is 1.45 bits per heavy atom. The minimum atomic E-state index is -4.36. The number of halogens is 3. The van der Waals surface area contributed by atoms with Crippen molar-refractivity contribution in [3.05, 3.63) is 23.8 Å². The van der Waals surface area contributed by atoms with Crippen LogP contribution in [-0.4, -0.2) is 24.3 Å². The van der Waals surface area contributed by atoms with Crippen molar-refractivity contribution in [2.75, 3.05) is 17.7 Å². The Labute approximate surface area is 114 Å². The zero-order valence-corrected chi connectivity index (χ0v) is 10.9. The Morgan fingerprint density at radius 3 is 2.60 bits per heavy atom. The Morgan fingerprint density at radius 2 is 2.10 bits per heavy atom. The fourth-order valence-corrected chi connectivity index (χ4v) is 1.91. The molecular weight excluding hydrogens is 273 g/mol. The summed E-state index contributed by atoms with van der Waals surface area (Å²) in [5.41, 5.74) is 4.02. The lowest BCUT2D eigenvalue weighted by Gasteiger charge is -2.23. The normalized spacial score (nSPS) is 16.6. The third-order valence-electron chi connectivity index (χ3n) is 3.21. The maximum atomic E-state index is 12.9. The van der Waals surface area contributed by atoms with Gasteiger partial charge in [0.15, 0.2) is 0 Å². The number of carbonyl (C=O) groups excluding carboxylic acids is 1. The topological polar surface area (TPSA) is 64.3 Å². The second-order valence-corrected chi connectivity index (χ2v) is 4.73. The van der Waals surface area contributed by atoms with Crippen molar-refractivity contribution in [1.29, 1.82) is 0 Å². The van der Waals surface area contributed by atoms with Gasteiger partial charge < -0.3 is 15.8 Å². The lowest BCUT2D eigenvalue weighted by Crippen LogP contribution is -2.39. The summed E-state index contributed by atoms with van der Waals surface area (Å²) in [6.45, 7) is 1.76. The summed E-state index contributed by atoms with van der Waals surface area (Å²) in [6.07, 6.45) is -4.38. The van der Waals surface area contributed by atoms with Gasteiger partial charge in [-0.15, -0.1) is 0 Å². The molecule has 0 bridgehead atoms. The molecule has 0 radical (unpaired) electrons. The highest BCUT2D eigenvalue weighted by Gasteiger charge is 2.63. The average Bonchev–Trinajstić information content (AvgIpc) is 3.12. The number of ether oxygens (including phenoxy) is 1. The molecule has 1 aromatic carbocycles. The van der Waals surface area contributed by atoms with Crippen LogP contribution in [0.4, 0.5) is 24.5 Å². The summed E-state index contributed by atoms with van der Waals surface area (Å²) < 4.78 is 43.6. The minimum Gasteiger partial charge on any atom is -0.462 e. The van der Waals surface area contributed by atoms with Gasteiger partial charge in [0.05, 0.1) is 12.2 Å². The molecule has 4 nitrogen and oxygen atoms in total. The van der Waals surface area contributed by atoms with Crippen molar-refractivity contribution < 1.29 is 22.7 Å². The van der Waals surface area contributed by atoms with Gasteiger partial charge in [0.25, 0.3) is 0 Å². The highest BCUT2D eigenvalue weighted by Crippen LogP contribution is 2.51. The first-order valence-electron chi connectivity index (χ1n) is 6.20. The van der Waals surface area contributed by atoms with E-state index in [2.05, 4.69) is 5.32 Å². The molecule has 0 amide bonds. The van der Waals surface area contributed by atoms with E-state index in [-0.39, 0.29) is 36.4 Å². The van der Waals surface area contributed by atoms with Crippen LogP contribution in [0.1, 0.15) is 30.1 Å². The van der Waals surface area contributed by atoms with Crippen LogP contribution in [0.15, 0.2) is 18.2 Å². The molecule has 1 aliphatic carbocycles. The van der Waals surface area contributed by atoms with E-state index >= 15 is 0 Å². The summed E-state index contributed by atoms with van der Waals surface area (Å²) in [6, 6.07) is 4.12. The molecule has 0 spiro atoms. The number of nitrogens with one attached hydrogen (secondary N) is 1. The van der Waals surface area contributed by atoms with Crippen molar-refractivity contribution in [3.63, 3.8) is 0 Å². The standard InChI is InChI=1S/C13H15F3N2O2/c1-2-20-11(19)9-7-8(17)3-4-10(9)18-12(5-6-12)13(14,15)16/h3-4,7,18H,2,5-6,17H2,1H3. The molecule has 1 saturated carbocycles. The molecule has 110 valence electrons. The van der Waals surface area contributed by atoms with Gasteiger partial charge in [-0.3, -0.25) is 0 Å². The number of benzene rings is 1. The zero-order chi connectivity index (χ0) is 15.0. The molecule has 0 saturated heterocycles. The second kappa shape index (κ2) is 4.88. The van der Waals surface area contributed by atoms with Gasteiger partial charge in [0.1, 0.15) is 5.54 Å². The summed E-state index contributed by atoms with van der Waals surface area (Å²) >= 11 is 0. The maximum absolute atomic E-state index is 12.9. The van der Waals surface area contributed by atoms with E-state index in [0.717, 1.165) is 0 Å². The summed E-state index contributed by atoms with van der Waals surface area (Å²) in [5.74, 6) is -0.694. The Bertz CT molecular complexity index is 525. The summed E-state index contributed by atoms with van der Waals surface area (Å²) in [5, 5.41) is 2.42. The molecule has 1 fully saturated rings. The van der Waals surface area contributed by atoms with Crippen molar-refractivity contribution in [1.82, 2.24) is 0 Å². The van der Waals surface area contributed by atoms with Gasteiger partial charge in [0.2, 0.25) is 0 Å². The number of esters is 1. The average molecular weight is 288 g/mol. The van der Waals surface area contributed by atoms with Crippen molar-refractivity contribution in [2.24, 2.45) is 0 Å². The molecule has 0 aromatic heterocycles. The summed E-state index contributed by atoms with van der Waals surface area (Å²) in [4.78, 5) is 11.8. The highest BCUT2D eigenvalue weighted by molar-refractivity contribution is 5.97. The van der Waals surface area contributed by atoms with Crippen LogP contribution in [0.2, 0.25) is 0 Å². The van der Waals surface area contributed by atoms with Crippen LogP contribution in [-0.2, 0) is 4.74 Å². The van der Waals surface area contributed by atoms with Crippen molar-refractivity contribution in [2.45, 2.75) is 31.5 Å². The first-order chi connectivity index (χ1) is 9.29. The van der Waals surface area contributed by atoms with Crippen molar-refractivity contribution >= 4 is 17.3 Å². The van der Waals surface area contributed by atoms with Crippen LogP contribution in [0.3, 0.4) is 0 Å². The maximum Gasteiger partial charge on any atom is 0.411 e. The van der Waals surface area contributed by atoms with E-state index in [9.17, 15) is 18.0 Å². The van der Waals surface area contributed by atoms with Gasteiger partial charge in [-0.2, -0.15) is 13.2 Å². The van der Waals surface area contributed by atoms with Crippen LogP contribution in [0.5, 0.6) is 0 Å². The number of hydrogen-bond acceptors (Lipinski definition) is 4. The van der Waals surface area contributed by atoms with Crippen LogP contribution in [0, 0.1) is 0 Å². The number of rotatable bonds is 4. The van der Waals surface area contributed by atoms with Crippen LogP contribution in [0.25, 0.3) is 0 Å². The first-order valence-corrected chi connectivity index (χ1v) is 6.20. The third kappa shape index (κ3) is 2.66. The van der Waals surface area contributed by atoms with E-state index in [0.29, 0.717) is 0 Å². The second-order valence-electron chi connectivity index (χ2n) is 4.73. The molecule has 1 aliphatic rings. The Balaban J connectivity index is 2.31. The van der Waals surface area contributed by atoms with Gasteiger partial charge in [0, 0.05) is 11.4 Å². The molecule has 7 heteroatoms. The predicted octanol–water partition coefficient (Wildman–Crippen LogP) is 2.95. The van der Waals surface area contributed by atoms with Gasteiger partial charge in [-0.25, -0.2) is 4.79 Å². The minimum absolute atomic E-state index is 0.0108. The Kier molecular flexibility index (Phi) is 3.54. The molecule has 0 atom stereocenters. The molecule has 2 rings (SSSR count). The number of carbonyl (C=O) groups is 1. The fraction of sp³-hybridized carbons (Fsp3) is 0.462. The van der Waals surface area contributed by atoms with Crippen molar-refractivity contribution in [3.8, 4) is 0 Å². The third-order valence-corrected chi connectivity index (χ3v) is 3.21. The van der Waals surface area contributed by atoms with Crippen LogP contribution >= 0.6 is 0 Å². The number of alkyl halides is 3. The molecule has 1 aromatic rings. The molecule has 20 heavy (non-hydrogen) atoms.